The summed E-state index contributed by atoms with van der Waals surface area (Å²) in [6, 6.07) is 2.34. The van der Waals surface area contributed by atoms with Crippen molar-refractivity contribution in [2.24, 2.45) is 5.92 Å². The Morgan fingerprint density at radius 2 is 1.67 bits per heavy atom. The highest BCUT2D eigenvalue weighted by molar-refractivity contribution is 6.32. The first-order valence-electron chi connectivity index (χ1n) is 4.21. The average Bonchev–Trinajstić information content (AvgIpc) is 2.83. The fourth-order valence-corrected chi connectivity index (χ4v) is 1.80. The van der Waals surface area contributed by atoms with E-state index in [1.165, 1.54) is 12.1 Å². The van der Waals surface area contributed by atoms with Gasteiger partial charge in [0, 0.05) is 11.5 Å². The zero-order valence-corrected chi connectivity index (χ0v) is 8.62. The molecule has 2 rings (SSSR count). The van der Waals surface area contributed by atoms with Crippen LogP contribution >= 0.6 is 23.2 Å². The van der Waals surface area contributed by atoms with Gasteiger partial charge in [-0.1, -0.05) is 30.6 Å². The van der Waals surface area contributed by atoms with Crippen molar-refractivity contribution in [3.8, 4) is 0 Å². The summed E-state index contributed by atoms with van der Waals surface area (Å²) in [7, 11) is 0. The van der Waals surface area contributed by atoms with Gasteiger partial charge in [0.1, 0.15) is 10.3 Å². The van der Waals surface area contributed by atoms with Crippen LogP contribution < -0.4 is 0 Å². The maximum atomic E-state index is 13.6. The minimum atomic E-state index is -2.82. The molecule has 0 atom stereocenters. The minimum absolute atomic E-state index is 0. The van der Waals surface area contributed by atoms with Crippen molar-refractivity contribution < 1.29 is 8.78 Å². The largest absolute Gasteiger partial charge is 0.276 e. The first-order valence-corrected chi connectivity index (χ1v) is 4.97. The van der Waals surface area contributed by atoms with Gasteiger partial charge in [0.15, 0.2) is 0 Å². The number of nitrogens with zero attached hydrogens (tertiary/aromatic N) is 1. The maximum absolute atomic E-state index is 13.6. The Morgan fingerprint density at radius 1 is 1.20 bits per heavy atom. The molecule has 1 aliphatic carbocycles. The molecule has 1 aromatic heterocycles. The Bertz CT molecular complexity index is 344. The van der Waals surface area contributed by atoms with Gasteiger partial charge in [-0.2, -0.15) is 0 Å². The van der Waals surface area contributed by atoms with E-state index in [2.05, 4.69) is 4.98 Å². The third kappa shape index (κ3) is 2.58. The van der Waals surface area contributed by atoms with Crippen LogP contribution in [0.3, 0.4) is 0 Å². The van der Waals surface area contributed by atoms with Crippen LogP contribution in [-0.4, -0.2) is 4.98 Å². The number of hydrogen-bond donors (Lipinski definition) is 0. The Hall–Kier alpha value is -0.410. The van der Waals surface area contributed by atoms with E-state index in [1.807, 2.05) is 0 Å². The number of alkyl halides is 2. The Morgan fingerprint density at radius 3 is 2.07 bits per heavy atom. The van der Waals surface area contributed by atoms with E-state index >= 15 is 0 Å². The molecule has 1 saturated carbocycles. The Balaban J connectivity index is 0.00000112. The van der Waals surface area contributed by atoms with E-state index in [-0.39, 0.29) is 23.3 Å². The number of halogens is 4. The van der Waals surface area contributed by atoms with Gasteiger partial charge >= 0.3 is 0 Å². The van der Waals surface area contributed by atoms with E-state index in [0.717, 1.165) is 0 Å². The summed E-state index contributed by atoms with van der Waals surface area (Å²) in [5.41, 5.74) is -0.134. The van der Waals surface area contributed by atoms with E-state index in [1.54, 1.807) is 0 Å². The van der Waals surface area contributed by atoms with Crippen LogP contribution in [0.2, 0.25) is 10.3 Å². The van der Waals surface area contributed by atoms with Crippen LogP contribution in [-0.2, 0) is 5.92 Å². The van der Waals surface area contributed by atoms with Crippen molar-refractivity contribution in [3.05, 3.63) is 28.0 Å². The molecule has 1 heterocycles. The molecule has 1 fully saturated rings. The molecule has 0 saturated heterocycles. The molecule has 84 valence electrons. The normalized spacial score (nSPS) is 16.0. The molecule has 0 aromatic carbocycles. The molecule has 0 bridgehead atoms. The van der Waals surface area contributed by atoms with Gasteiger partial charge in [-0.3, -0.25) is 0 Å². The van der Waals surface area contributed by atoms with Crippen molar-refractivity contribution in [1.82, 2.24) is 4.98 Å². The topological polar surface area (TPSA) is 12.9 Å². The highest BCUT2D eigenvalue weighted by Gasteiger charge is 2.48. The molecule has 0 N–H and O–H groups in total. The van der Waals surface area contributed by atoms with Gasteiger partial charge < -0.3 is 0 Å². The highest BCUT2D eigenvalue weighted by Crippen LogP contribution is 2.50. The number of pyridine rings is 1. The molecular weight excluding hydrogens is 243 g/mol. The Kier molecular flexibility index (Phi) is 3.56. The van der Waals surface area contributed by atoms with Crippen LogP contribution in [0.5, 0.6) is 0 Å². The zero-order valence-electron chi connectivity index (χ0n) is 7.11. The van der Waals surface area contributed by atoms with Gasteiger partial charge in [0.25, 0.3) is 5.92 Å². The summed E-state index contributed by atoms with van der Waals surface area (Å²) in [5, 5.41) is 0.0145. The predicted octanol–water partition coefficient (Wildman–Crippen LogP) is 4.53. The molecule has 0 unspecified atom stereocenters. The third-order valence-corrected chi connectivity index (χ3v) is 2.63. The maximum Gasteiger partial charge on any atom is 0.276 e. The van der Waals surface area contributed by atoms with E-state index in [0.29, 0.717) is 12.8 Å². The number of rotatable bonds is 2. The second kappa shape index (κ2) is 4.22. The summed E-state index contributed by atoms with van der Waals surface area (Å²) in [6.45, 7) is 0. The molecule has 1 aromatic rings. The molecule has 0 spiro atoms. The van der Waals surface area contributed by atoms with Crippen LogP contribution in [0, 0.1) is 5.92 Å². The summed E-state index contributed by atoms with van der Waals surface area (Å²) < 4.78 is 27.1. The summed E-state index contributed by atoms with van der Waals surface area (Å²) in [6.07, 6.45) is 1.12. The second-order valence-corrected chi connectivity index (χ2v) is 4.17. The molecule has 0 aliphatic heterocycles. The summed E-state index contributed by atoms with van der Waals surface area (Å²) in [5.74, 6) is -3.38. The summed E-state index contributed by atoms with van der Waals surface area (Å²) >= 11 is 11.1. The monoisotopic (exact) mass is 253 g/mol. The van der Waals surface area contributed by atoms with E-state index in [9.17, 15) is 8.78 Å². The van der Waals surface area contributed by atoms with Crippen molar-refractivity contribution in [2.75, 3.05) is 0 Å². The van der Waals surface area contributed by atoms with Crippen LogP contribution in [0.4, 0.5) is 8.78 Å². The summed E-state index contributed by atoms with van der Waals surface area (Å²) in [4.78, 5) is 3.63. The lowest BCUT2D eigenvalue weighted by Gasteiger charge is -2.15. The highest BCUT2D eigenvalue weighted by atomic mass is 35.5. The van der Waals surface area contributed by atoms with E-state index in [4.69, 9.17) is 23.2 Å². The molecule has 1 aliphatic rings. The molecule has 0 radical (unpaired) electrons. The third-order valence-electron chi connectivity index (χ3n) is 2.24. The van der Waals surface area contributed by atoms with Crippen LogP contribution in [0.15, 0.2) is 12.1 Å². The lowest BCUT2D eigenvalue weighted by Crippen LogP contribution is -2.16. The molecule has 1 nitrogen and oxygen atoms in total. The molecular formula is C10H11Cl2F2N. The van der Waals surface area contributed by atoms with Gasteiger partial charge in [-0.05, 0) is 25.0 Å². The zero-order chi connectivity index (χ0) is 10.3. The van der Waals surface area contributed by atoms with Gasteiger partial charge in [-0.15, -0.1) is 0 Å². The number of aromatic nitrogens is 1. The standard InChI is InChI=1S/C9H7Cl2F2N.CH4/c10-7-3-6(4-8(11)14-7)9(12,13)5-1-2-5;/h3-5H,1-2H2;1H4. The quantitative estimate of drug-likeness (QED) is 0.706. The van der Waals surface area contributed by atoms with Crippen molar-refractivity contribution in [2.45, 2.75) is 26.2 Å². The smallest absolute Gasteiger partial charge is 0.224 e. The van der Waals surface area contributed by atoms with Crippen molar-refractivity contribution in [1.29, 1.82) is 0 Å². The fourth-order valence-electron chi connectivity index (χ4n) is 1.34. The van der Waals surface area contributed by atoms with Gasteiger partial charge in [0.05, 0.1) is 0 Å². The minimum Gasteiger partial charge on any atom is -0.224 e. The first kappa shape index (κ1) is 12.7. The average molecular weight is 254 g/mol. The van der Waals surface area contributed by atoms with Crippen molar-refractivity contribution in [3.63, 3.8) is 0 Å². The molecule has 15 heavy (non-hydrogen) atoms. The Labute approximate surface area is 97.4 Å². The fraction of sp³-hybridized carbons (Fsp3) is 0.500. The van der Waals surface area contributed by atoms with Crippen molar-refractivity contribution >= 4 is 23.2 Å². The molecule has 5 heteroatoms. The van der Waals surface area contributed by atoms with E-state index < -0.39 is 11.8 Å². The molecule has 0 amide bonds. The van der Waals surface area contributed by atoms with Crippen LogP contribution in [0.1, 0.15) is 25.8 Å². The SMILES string of the molecule is C.FC(F)(c1cc(Cl)nc(Cl)c1)C1CC1. The second-order valence-electron chi connectivity index (χ2n) is 3.40. The number of hydrogen-bond acceptors (Lipinski definition) is 1. The van der Waals surface area contributed by atoms with Crippen LogP contribution in [0.25, 0.3) is 0 Å². The van der Waals surface area contributed by atoms with Gasteiger partial charge in [-0.25, -0.2) is 13.8 Å². The lowest BCUT2D eigenvalue weighted by atomic mass is 10.1. The lowest BCUT2D eigenvalue weighted by molar-refractivity contribution is -0.0286. The first-order chi connectivity index (χ1) is 6.50. The van der Waals surface area contributed by atoms with Gasteiger partial charge in [0.2, 0.25) is 0 Å². The predicted molar refractivity (Wildman–Crippen MR) is 57.6 cm³/mol.